The van der Waals surface area contributed by atoms with Crippen LogP contribution in [0.2, 0.25) is 0 Å². The van der Waals surface area contributed by atoms with Gasteiger partial charge in [-0.25, -0.2) is 14.6 Å². The number of nitrogens with one attached hydrogen (secondary N) is 1. The number of benzene rings is 2. The summed E-state index contributed by atoms with van der Waals surface area (Å²) in [5.41, 5.74) is 12.0. The Morgan fingerprint density at radius 2 is 1.84 bits per heavy atom. The van der Waals surface area contributed by atoms with Crippen LogP contribution in [0.1, 0.15) is 25.0 Å². The maximum absolute atomic E-state index is 12.8. The lowest BCUT2D eigenvalue weighted by Crippen LogP contribution is -2.51. The first-order valence-electron chi connectivity index (χ1n) is 12.6. The van der Waals surface area contributed by atoms with Crippen LogP contribution in [0.3, 0.4) is 0 Å². The molecule has 0 aliphatic carbocycles. The molecule has 200 valence electrons. The number of hydrogen-bond donors (Lipinski definition) is 3. The lowest BCUT2D eigenvalue weighted by Gasteiger charge is -2.29. The molecule has 4 N–H and O–H groups in total. The summed E-state index contributed by atoms with van der Waals surface area (Å²) in [7, 11) is 0. The number of amides is 1. The number of aromatic nitrogens is 1. The predicted octanol–water partition coefficient (Wildman–Crippen LogP) is 3.07. The first-order valence-corrected chi connectivity index (χ1v) is 12.6. The van der Waals surface area contributed by atoms with Crippen molar-refractivity contribution in [2.45, 2.75) is 45.1 Å². The maximum Gasteiger partial charge on any atom is 0.422 e. The van der Waals surface area contributed by atoms with Gasteiger partial charge >= 0.3 is 12.1 Å². The van der Waals surface area contributed by atoms with Crippen molar-refractivity contribution in [1.82, 2.24) is 15.4 Å². The number of aliphatic hydroxyl groups excluding tert-OH is 1. The molecule has 2 aromatic carbocycles. The first kappa shape index (κ1) is 27.3. The molecular weight excluding hydrogens is 484 g/mol. The normalized spacial score (nSPS) is 18.0. The molecule has 4 rings (SSSR count). The minimum absolute atomic E-state index is 0.0452. The van der Waals surface area contributed by atoms with Crippen LogP contribution >= 0.6 is 0 Å². The lowest BCUT2D eigenvalue weighted by atomic mass is 9.90. The second kappa shape index (κ2) is 12.2. The number of nitrogens with zero attached hydrogens (tertiary/aromatic N) is 2. The molecule has 0 saturated carbocycles. The van der Waals surface area contributed by atoms with Gasteiger partial charge in [0.1, 0.15) is 6.61 Å². The van der Waals surface area contributed by atoms with Crippen LogP contribution in [0, 0.1) is 5.41 Å². The van der Waals surface area contributed by atoms with Gasteiger partial charge in [-0.2, -0.15) is 0 Å². The highest BCUT2D eigenvalue weighted by Crippen LogP contribution is 2.31. The number of hydrazine groups is 1. The van der Waals surface area contributed by atoms with E-state index in [2.05, 4.69) is 10.4 Å². The first-order chi connectivity index (χ1) is 18.2. The molecule has 1 saturated heterocycles. The fourth-order valence-electron chi connectivity index (χ4n) is 4.27. The minimum Gasteiger partial charge on any atom is -0.462 e. The van der Waals surface area contributed by atoms with Crippen molar-refractivity contribution in [3.63, 3.8) is 0 Å². The van der Waals surface area contributed by atoms with Crippen molar-refractivity contribution in [2.24, 2.45) is 11.1 Å². The molecule has 3 atom stereocenters. The number of pyridine rings is 1. The van der Waals surface area contributed by atoms with Gasteiger partial charge in [0, 0.05) is 36.3 Å². The number of esters is 1. The average molecular weight is 519 g/mol. The standard InChI is InChI=1S/C29H34N4O5/c1-29(2)19-37-27(35)26(29)38-28(36)32-33(18-25(34)23(30)16-20-8-4-3-5-9-20)17-21-11-13-22(14-12-21)24-10-6-7-15-31-24/h3-15,23,25-26,34H,16-19,30H2,1-2H3,(H,32,36)/t23-,25-,26?/m0/s1. The molecule has 3 aromatic rings. The Morgan fingerprint density at radius 1 is 1.13 bits per heavy atom. The number of aliphatic hydroxyl groups is 1. The van der Waals surface area contributed by atoms with E-state index in [1.54, 1.807) is 25.1 Å². The SMILES string of the molecule is CC1(C)COC(=O)C1OC(=O)NN(Cc1ccc(-c2ccccn2)cc1)C[C@H](O)[C@@H](N)Cc1ccccc1. The zero-order valence-electron chi connectivity index (χ0n) is 21.6. The number of ether oxygens (including phenoxy) is 2. The Labute approximate surface area is 222 Å². The van der Waals surface area contributed by atoms with E-state index in [0.29, 0.717) is 6.42 Å². The topological polar surface area (TPSA) is 127 Å². The van der Waals surface area contributed by atoms with Gasteiger partial charge in [0.05, 0.1) is 11.8 Å². The summed E-state index contributed by atoms with van der Waals surface area (Å²) >= 11 is 0. The van der Waals surface area contributed by atoms with Crippen molar-refractivity contribution in [3.8, 4) is 11.3 Å². The zero-order chi connectivity index (χ0) is 27.1. The van der Waals surface area contributed by atoms with Gasteiger partial charge in [-0.15, -0.1) is 0 Å². The largest absolute Gasteiger partial charge is 0.462 e. The van der Waals surface area contributed by atoms with Gasteiger partial charge in [0.2, 0.25) is 6.10 Å². The molecule has 9 nitrogen and oxygen atoms in total. The molecule has 0 radical (unpaired) electrons. The molecule has 9 heteroatoms. The number of nitrogens with two attached hydrogens (primary N) is 1. The molecule has 1 aromatic heterocycles. The second-order valence-corrected chi connectivity index (χ2v) is 10.2. The highest BCUT2D eigenvalue weighted by atomic mass is 16.6. The van der Waals surface area contributed by atoms with E-state index < -0.39 is 35.7 Å². The fraction of sp³-hybridized carbons (Fsp3) is 0.345. The highest BCUT2D eigenvalue weighted by molar-refractivity contribution is 5.81. The Kier molecular flexibility index (Phi) is 8.73. The maximum atomic E-state index is 12.8. The smallest absolute Gasteiger partial charge is 0.422 e. The molecule has 1 fully saturated rings. The number of carbonyl (C=O) groups is 2. The predicted molar refractivity (Wildman–Crippen MR) is 142 cm³/mol. The van der Waals surface area contributed by atoms with Crippen LogP contribution < -0.4 is 11.2 Å². The molecule has 1 aliphatic rings. The Bertz CT molecular complexity index is 1200. The number of cyclic esters (lactones) is 1. The average Bonchev–Trinajstić information content (AvgIpc) is 3.16. The second-order valence-electron chi connectivity index (χ2n) is 10.2. The van der Waals surface area contributed by atoms with Gasteiger partial charge in [-0.1, -0.05) is 74.5 Å². The summed E-state index contributed by atoms with van der Waals surface area (Å²) in [5, 5.41) is 12.4. The van der Waals surface area contributed by atoms with Crippen molar-refractivity contribution in [1.29, 1.82) is 0 Å². The zero-order valence-corrected chi connectivity index (χ0v) is 21.6. The van der Waals surface area contributed by atoms with Crippen molar-refractivity contribution in [2.75, 3.05) is 13.2 Å². The number of rotatable bonds is 10. The summed E-state index contributed by atoms with van der Waals surface area (Å²) in [5.74, 6) is -0.577. The third kappa shape index (κ3) is 7.16. The molecule has 2 heterocycles. The van der Waals surface area contributed by atoms with Crippen LogP contribution in [0.25, 0.3) is 11.3 Å². The molecule has 1 amide bonds. The fourth-order valence-corrected chi connectivity index (χ4v) is 4.27. The van der Waals surface area contributed by atoms with Gasteiger partial charge in [0.15, 0.2) is 0 Å². The molecular formula is C29H34N4O5. The van der Waals surface area contributed by atoms with Crippen LogP contribution in [-0.4, -0.2) is 58.6 Å². The van der Waals surface area contributed by atoms with E-state index in [4.69, 9.17) is 15.2 Å². The molecule has 1 aliphatic heterocycles. The Balaban J connectivity index is 1.45. The van der Waals surface area contributed by atoms with Crippen LogP contribution in [-0.2, 0) is 27.2 Å². The van der Waals surface area contributed by atoms with Crippen molar-refractivity contribution in [3.05, 3.63) is 90.1 Å². The van der Waals surface area contributed by atoms with E-state index in [-0.39, 0.29) is 19.7 Å². The number of carbonyl (C=O) groups excluding carboxylic acids is 2. The highest BCUT2D eigenvalue weighted by Gasteiger charge is 2.46. The van der Waals surface area contributed by atoms with Crippen molar-refractivity contribution < 1.29 is 24.2 Å². The Morgan fingerprint density at radius 3 is 2.47 bits per heavy atom. The third-order valence-electron chi connectivity index (χ3n) is 6.49. The lowest BCUT2D eigenvalue weighted by molar-refractivity contribution is -0.145. The van der Waals surface area contributed by atoms with Crippen LogP contribution in [0.5, 0.6) is 0 Å². The molecule has 0 bridgehead atoms. The Hall–Kier alpha value is -3.79. The molecule has 38 heavy (non-hydrogen) atoms. The number of hydrogen-bond acceptors (Lipinski definition) is 8. The van der Waals surface area contributed by atoms with Crippen LogP contribution in [0.15, 0.2) is 79.0 Å². The monoisotopic (exact) mass is 518 g/mol. The quantitative estimate of drug-likeness (QED) is 0.276. The summed E-state index contributed by atoms with van der Waals surface area (Å²) in [6.07, 6.45) is -0.567. The van der Waals surface area contributed by atoms with Crippen molar-refractivity contribution >= 4 is 12.1 Å². The van der Waals surface area contributed by atoms with E-state index in [0.717, 1.165) is 22.4 Å². The molecule has 1 unspecified atom stereocenters. The third-order valence-corrected chi connectivity index (χ3v) is 6.49. The summed E-state index contributed by atoms with van der Waals surface area (Å²) in [4.78, 5) is 29.3. The summed E-state index contributed by atoms with van der Waals surface area (Å²) in [6.45, 7) is 4.07. The van der Waals surface area contributed by atoms with Crippen LogP contribution in [0.4, 0.5) is 4.79 Å². The van der Waals surface area contributed by atoms with Gasteiger partial charge < -0.3 is 20.3 Å². The van der Waals surface area contributed by atoms with E-state index >= 15 is 0 Å². The van der Waals surface area contributed by atoms with E-state index in [1.165, 1.54) is 0 Å². The van der Waals surface area contributed by atoms with Gasteiger partial charge in [-0.3, -0.25) is 10.4 Å². The molecule has 0 spiro atoms. The van der Waals surface area contributed by atoms with E-state index in [1.807, 2.05) is 72.8 Å². The van der Waals surface area contributed by atoms with Gasteiger partial charge in [-0.05, 0) is 29.7 Å². The summed E-state index contributed by atoms with van der Waals surface area (Å²) in [6, 6.07) is 22.6. The van der Waals surface area contributed by atoms with Gasteiger partial charge in [0.25, 0.3) is 0 Å². The van der Waals surface area contributed by atoms with E-state index in [9.17, 15) is 14.7 Å². The summed E-state index contributed by atoms with van der Waals surface area (Å²) < 4.78 is 10.5. The minimum atomic E-state index is -1.02.